The Bertz CT molecular complexity index is 352. The molecule has 0 unspecified atom stereocenters. The fourth-order valence-electron chi connectivity index (χ4n) is 0.505. The van der Waals surface area contributed by atoms with Gasteiger partial charge in [0.25, 0.3) is 0 Å². The summed E-state index contributed by atoms with van der Waals surface area (Å²) >= 11 is 0. The van der Waals surface area contributed by atoms with Crippen LogP contribution in [0.4, 0.5) is 0 Å². The minimum absolute atomic E-state index is 0. The Balaban J connectivity index is -0.000000137. The molecular weight excluding hydrogens is 415 g/mol. The molecule has 0 aliphatic heterocycles. The summed E-state index contributed by atoms with van der Waals surface area (Å²) in [6.07, 6.45) is 3.62. The maximum absolute atomic E-state index is 10.6. The van der Waals surface area contributed by atoms with Crippen LogP contribution in [0.1, 0.15) is 46.5 Å². The third-order valence-corrected chi connectivity index (χ3v) is 1.68. The zero-order chi connectivity index (χ0) is 18.0. The van der Waals surface area contributed by atoms with E-state index in [1.165, 1.54) is 13.8 Å². The second-order valence-electron chi connectivity index (χ2n) is 3.64. The van der Waals surface area contributed by atoms with Gasteiger partial charge >= 0.3 is 35.8 Å². The number of ether oxygens (including phenoxy) is 1. The Morgan fingerprint density at radius 3 is 1.61 bits per heavy atom. The molecule has 0 aromatic heterocycles. The Hall–Kier alpha value is -1.58. The zero-order valence-corrected chi connectivity index (χ0v) is 16.3. The summed E-state index contributed by atoms with van der Waals surface area (Å²) in [5, 5.41) is 26.7. The van der Waals surface area contributed by atoms with Crippen molar-refractivity contribution in [1.82, 2.24) is 0 Å². The fourth-order valence-corrected chi connectivity index (χ4v) is 0.505. The van der Waals surface area contributed by atoms with Crippen LogP contribution in [0.15, 0.2) is 12.2 Å². The molecule has 2 radical (unpaired) electrons. The van der Waals surface area contributed by atoms with Gasteiger partial charge in [0.1, 0.15) is 0 Å². The van der Waals surface area contributed by atoms with Crippen molar-refractivity contribution in [3.63, 3.8) is 0 Å². The summed E-state index contributed by atoms with van der Waals surface area (Å²) in [6.45, 7) is 5.39. The van der Waals surface area contributed by atoms with Gasteiger partial charge in [-0.05, 0) is 19.3 Å². The molecule has 0 aliphatic carbocycles. The molecule has 8 nitrogen and oxygen atoms in total. The second kappa shape index (κ2) is 22.7. The van der Waals surface area contributed by atoms with Crippen LogP contribution >= 0.6 is 0 Å². The smallest absolute Gasteiger partial charge is 0.550 e. The molecule has 0 aliphatic rings. The molecule has 23 heavy (non-hydrogen) atoms. The summed E-state index contributed by atoms with van der Waals surface area (Å²) in [7, 11) is 0. The molecule has 130 valence electrons. The molecule has 0 aromatic rings. The molecule has 0 amide bonds. The van der Waals surface area contributed by atoms with E-state index in [-0.39, 0.29) is 36.7 Å². The van der Waals surface area contributed by atoms with Gasteiger partial charge in [-0.15, -0.1) is 0 Å². The first-order valence-electron chi connectivity index (χ1n) is 6.68. The first-order valence-corrected chi connectivity index (χ1v) is 6.68. The maximum Gasteiger partial charge on any atom is 2.00 e. The van der Waals surface area contributed by atoms with Gasteiger partial charge in [-0.3, -0.25) is 0 Å². The molecule has 0 spiro atoms. The maximum atomic E-state index is 10.6. The van der Waals surface area contributed by atoms with Crippen molar-refractivity contribution in [1.29, 1.82) is 0 Å². The molecule has 0 heterocycles. The van der Waals surface area contributed by atoms with E-state index >= 15 is 0 Å². The largest absolute Gasteiger partial charge is 2.00 e. The van der Waals surface area contributed by atoms with E-state index in [1.54, 1.807) is 0 Å². The molecular formula is C14H22O8Sn. The van der Waals surface area contributed by atoms with Crippen LogP contribution in [0.2, 0.25) is 0 Å². The fraction of sp³-hybridized carbons (Fsp3) is 0.571. The van der Waals surface area contributed by atoms with E-state index < -0.39 is 23.9 Å². The summed E-state index contributed by atoms with van der Waals surface area (Å²) in [5.74, 6) is -3.75. The Morgan fingerprint density at radius 2 is 1.35 bits per heavy atom. The van der Waals surface area contributed by atoms with E-state index in [0.717, 1.165) is 25.0 Å². The van der Waals surface area contributed by atoms with E-state index in [9.17, 15) is 29.4 Å². The number of aliphatic carboxylic acids is 3. The van der Waals surface area contributed by atoms with Crippen LogP contribution < -0.4 is 10.2 Å². The number of carbonyl (C=O) groups excluding carboxylic acids is 3. The van der Waals surface area contributed by atoms with Crippen molar-refractivity contribution >= 4 is 47.8 Å². The first-order chi connectivity index (χ1) is 10.2. The predicted octanol–water partition coefficient (Wildman–Crippen LogP) is -1.12. The van der Waals surface area contributed by atoms with Crippen molar-refractivity contribution in [2.24, 2.45) is 0 Å². The third-order valence-electron chi connectivity index (χ3n) is 1.68. The van der Waals surface area contributed by atoms with Gasteiger partial charge in [-0.25, -0.2) is 9.59 Å². The Morgan fingerprint density at radius 1 is 0.957 bits per heavy atom. The normalized spacial score (nSPS) is 8.48. The molecule has 0 fully saturated rings. The number of esters is 1. The number of hydrogen-bond acceptors (Lipinski definition) is 7. The number of carbonyl (C=O) groups is 4. The SMILES string of the molecule is CCC(=O)[O-].CCC(=O)[O-].CCCCOC(=O)/C=C\C(=O)O.[Sn+2]. The van der Waals surface area contributed by atoms with Crippen molar-refractivity contribution in [3.8, 4) is 0 Å². The number of carboxylic acid groups (broad SMARTS) is 3. The van der Waals surface area contributed by atoms with Crippen molar-refractivity contribution in [3.05, 3.63) is 12.2 Å². The quantitative estimate of drug-likeness (QED) is 0.229. The topological polar surface area (TPSA) is 144 Å². The van der Waals surface area contributed by atoms with Gasteiger partial charge in [0.05, 0.1) is 6.61 Å². The van der Waals surface area contributed by atoms with E-state index in [4.69, 9.17) is 5.11 Å². The van der Waals surface area contributed by atoms with Crippen molar-refractivity contribution in [2.75, 3.05) is 6.61 Å². The molecule has 0 aromatic carbocycles. The summed E-state index contributed by atoms with van der Waals surface area (Å²) in [6, 6.07) is 0. The van der Waals surface area contributed by atoms with Gasteiger partial charge in [-0.1, -0.05) is 27.2 Å². The van der Waals surface area contributed by atoms with Crippen LogP contribution in [-0.2, 0) is 23.9 Å². The van der Waals surface area contributed by atoms with Crippen LogP contribution in [-0.4, -0.2) is 59.5 Å². The summed E-state index contributed by atoms with van der Waals surface area (Å²) < 4.78 is 4.64. The standard InChI is InChI=1S/C8H12O4.2C3H6O2.Sn/c1-2-3-6-12-8(11)5-4-7(9)10;2*1-2-3(4)5;/h4-5H,2-3,6H2,1H3,(H,9,10);2*2H2,1H3,(H,4,5);/q;;;+2/p-2/b5-4-;;;. The van der Waals surface area contributed by atoms with E-state index in [1.807, 2.05) is 6.92 Å². The second-order valence-corrected chi connectivity index (χ2v) is 3.64. The van der Waals surface area contributed by atoms with Crippen LogP contribution in [0.3, 0.4) is 0 Å². The van der Waals surface area contributed by atoms with Crippen LogP contribution in [0, 0.1) is 0 Å². The third kappa shape index (κ3) is 44.9. The van der Waals surface area contributed by atoms with Gasteiger partial charge in [0.2, 0.25) is 0 Å². The number of rotatable bonds is 7. The Kier molecular flexibility index (Phi) is 29.0. The summed E-state index contributed by atoms with van der Waals surface area (Å²) in [4.78, 5) is 39.1. The molecule has 0 rings (SSSR count). The van der Waals surface area contributed by atoms with E-state index in [0.29, 0.717) is 6.61 Å². The molecule has 1 N–H and O–H groups in total. The van der Waals surface area contributed by atoms with Crippen molar-refractivity contribution < 1.29 is 39.2 Å². The minimum Gasteiger partial charge on any atom is -0.550 e. The minimum atomic E-state index is -1.15. The predicted molar refractivity (Wildman–Crippen MR) is 79.0 cm³/mol. The first kappa shape index (κ1) is 29.4. The van der Waals surface area contributed by atoms with Crippen molar-refractivity contribution in [2.45, 2.75) is 46.5 Å². The van der Waals surface area contributed by atoms with Crippen LogP contribution in [0.5, 0.6) is 0 Å². The van der Waals surface area contributed by atoms with Gasteiger partial charge in [0.15, 0.2) is 0 Å². The average Bonchev–Trinajstić information content (AvgIpc) is 2.46. The number of unbranched alkanes of at least 4 members (excludes halogenated alkanes) is 1. The molecule has 0 bridgehead atoms. The Labute approximate surface area is 152 Å². The molecule has 0 saturated carbocycles. The van der Waals surface area contributed by atoms with Gasteiger partial charge < -0.3 is 29.6 Å². The van der Waals surface area contributed by atoms with Crippen LogP contribution in [0.25, 0.3) is 0 Å². The average molecular weight is 437 g/mol. The molecule has 0 atom stereocenters. The van der Waals surface area contributed by atoms with Gasteiger partial charge in [-0.2, -0.15) is 0 Å². The number of carboxylic acids is 3. The number of hydrogen-bond donors (Lipinski definition) is 1. The summed E-state index contributed by atoms with van der Waals surface area (Å²) in [5.41, 5.74) is 0. The zero-order valence-electron chi connectivity index (χ0n) is 13.5. The van der Waals surface area contributed by atoms with E-state index in [2.05, 4.69) is 4.74 Å². The monoisotopic (exact) mass is 438 g/mol. The molecule has 0 saturated heterocycles. The molecule has 9 heteroatoms. The van der Waals surface area contributed by atoms with Gasteiger partial charge in [0, 0.05) is 24.1 Å².